The normalized spacial score (nSPS) is 32.2. The highest BCUT2D eigenvalue weighted by molar-refractivity contribution is 5.84. The van der Waals surface area contributed by atoms with Crippen molar-refractivity contribution in [3.05, 3.63) is 24.3 Å². The molecule has 0 radical (unpaired) electrons. The van der Waals surface area contributed by atoms with E-state index in [4.69, 9.17) is 30.4 Å². The lowest BCUT2D eigenvalue weighted by Crippen LogP contribution is -2.44. The molecule has 1 aliphatic rings. The number of cyclic esters (lactones) is 4. The molecule has 0 aromatic rings. The molecule has 0 aliphatic carbocycles. The summed E-state index contributed by atoms with van der Waals surface area (Å²) in [6, 6.07) is -2.41. The third-order valence-corrected chi connectivity index (χ3v) is 3.31. The van der Waals surface area contributed by atoms with E-state index in [1.807, 2.05) is 0 Å². The molecule has 4 atom stereocenters. The molecule has 1 heterocycles. The smallest absolute Gasteiger partial charge is 0.330 e. The number of esters is 4. The summed E-state index contributed by atoms with van der Waals surface area (Å²) >= 11 is 0. The highest BCUT2D eigenvalue weighted by Crippen LogP contribution is 2.03. The zero-order chi connectivity index (χ0) is 19.7. The van der Waals surface area contributed by atoms with Gasteiger partial charge in [0.15, 0.2) is 0 Å². The van der Waals surface area contributed by atoms with Crippen LogP contribution >= 0.6 is 0 Å². The first-order chi connectivity index (χ1) is 12.2. The van der Waals surface area contributed by atoms with Crippen LogP contribution in [0.4, 0.5) is 0 Å². The van der Waals surface area contributed by atoms with Crippen molar-refractivity contribution in [2.24, 2.45) is 11.5 Å². The monoisotopic (exact) mass is 370 g/mol. The van der Waals surface area contributed by atoms with Crippen LogP contribution in [0.15, 0.2) is 24.3 Å². The van der Waals surface area contributed by atoms with Crippen LogP contribution in [0.1, 0.15) is 13.8 Å². The third-order valence-electron chi connectivity index (χ3n) is 3.31. The molecule has 0 saturated heterocycles. The van der Waals surface area contributed by atoms with Crippen molar-refractivity contribution in [3.8, 4) is 0 Å². The lowest BCUT2D eigenvalue weighted by atomic mass is 10.2. The van der Waals surface area contributed by atoms with Gasteiger partial charge in [-0.05, 0) is 26.0 Å². The Kier molecular flexibility index (Phi) is 8.46. The predicted molar refractivity (Wildman–Crippen MR) is 87.3 cm³/mol. The van der Waals surface area contributed by atoms with Gasteiger partial charge in [0, 0.05) is 12.2 Å². The number of carbonyl (C=O) groups is 4. The topological polar surface area (TPSA) is 157 Å². The zero-order valence-electron chi connectivity index (χ0n) is 14.5. The van der Waals surface area contributed by atoms with Gasteiger partial charge in [0.2, 0.25) is 0 Å². The summed E-state index contributed by atoms with van der Waals surface area (Å²) in [4.78, 5) is 46.8. The molecule has 0 fully saturated rings. The number of ether oxygens (including phenoxy) is 4. The number of carbonyl (C=O) groups excluding carboxylic acids is 4. The standard InChI is InChI=1S/C16H22N2O8/c1-9-13(17)15(21)23-7-4-6-12(20)26-10(2)14(18)16(22)24-8-3-5-11(19)25-9/h3-6,9-10,13-14H,7-8,17-18H2,1-2H3/b5-3+,6-4+/t9-,10-,13+,14+/m1/s1. The molecule has 0 aromatic heterocycles. The van der Waals surface area contributed by atoms with Crippen molar-refractivity contribution in [2.45, 2.75) is 38.1 Å². The molecule has 0 aromatic carbocycles. The first kappa shape index (κ1) is 21.3. The summed E-state index contributed by atoms with van der Waals surface area (Å²) in [5.41, 5.74) is 11.3. The van der Waals surface area contributed by atoms with Crippen molar-refractivity contribution in [2.75, 3.05) is 13.2 Å². The van der Waals surface area contributed by atoms with E-state index in [-0.39, 0.29) is 13.2 Å². The number of hydrogen-bond acceptors (Lipinski definition) is 10. The first-order valence-corrected chi connectivity index (χ1v) is 7.81. The van der Waals surface area contributed by atoms with E-state index in [0.29, 0.717) is 0 Å². The molecular weight excluding hydrogens is 348 g/mol. The van der Waals surface area contributed by atoms with E-state index in [1.165, 1.54) is 26.0 Å². The Bertz CT molecular complexity index is 549. The molecule has 1 aliphatic heterocycles. The molecule has 10 heteroatoms. The van der Waals surface area contributed by atoms with E-state index in [9.17, 15) is 19.2 Å². The van der Waals surface area contributed by atoms with Crippen molar-refractivity contribution in [1.29, 1.82) is 0 Å². The van der Waals surface area contributed by atoms with Crippen LogP contribution in [0, 0.1) is 0 Å². The second-order valence-corrected chi connectivity index (χ2v) is 5.40. The van der Waals surface area contributed by atoms with Crippen LogP contribution < -0.4 is 11.5 Å². The fraction of sp³-hybridized carbons (Fsp3) is 0.500. The van der Waals surface area contributed by atoms with Crippen LogP contribution in [0.25, 0.3) is 0 Å². The summed E-state index contributed by atoms with van der Waals surface area (Å²) in [6.07, 6.45) is 2.58. The molecule has 26 heavy (non-hydrogen) atoms. The Morgan fingerprint density at radius 3 is 1.46 bits per heavy atom. The third kappa shape index (κ3) is 7.03. The Morgan fingerprint density at radius 1 is 0.769 bits per heavy atom. The molecule has 10 nitrogen and oxygen atoms in total. The van der Waals surface area contributed by atoms with Crippen molar-refractivity contribution >= 4 is 23.9 Å². The lowest BCUT2D eigenvalue weighted by Gasteiger charge is -2.19. The van der Waals surface area contributed by atoms with Gasteiger partial charge in [-0.25, -0.2) is 9.59 Å². The van der Waals surface area contributed by atoms with Crippen LogP contribution in [-0.4, -0.2) is 61.4 Å². The summed E-state index contributed by atoms with van der Waals surface area (Å²) in [6.45, 7) is 2.35. The quantitative estimate of drug-likeness (QED) is 0.388. The summed E-state index contributed by atoms with van der Waals surface area (Å²) in [7, 11) is 0. The second kappa shape index (κ2) is 10.3. The summed E-state index contributed by atoms with van der Waals surface area (Å²) in [5, 5.41) is 0. The Morgan fingerprint density at radius 2 is 1.12 bits per heavy atom. The van der Waals surface area contributed by atoms with Gasteiger partial charge >= 0.3 is 23.9 Å². The minimum atomic E-state index is -1.21. The van der Waals surface area contributed by atoms with E-state index in [0.717, 1.165) is 12.2 Å². The minimum Gasteiger partial charge on any atom is -0.460 e. The molecule has 1 rings (SSSR count). The average molecular weight is 370 g/mol. The maximum absolute atomic E-state index is 11.8. The van der Waals surface area contributed by atoms with Crippen LogP contribution in [0.2, 0.25) is 0 Å². The van der Waals surface area contributed by atoms with Crippen LogP contribution in [-0.2, 0) is 38.1 Å². The van der Waals surface area contributed by atoms with Crippen LogP contribution in [0.5, 0.6) is 0 Å². The predicted octanol–water partition coefficient (Wildman–Crippen LogP) is -1.28. The van der Waals surface area contributed by atoms with Gasteiger partial charge in [0.25, 0.3) is 0 Å². The maximum Gasteiger partial charge on any atom is 0.330 e. The van der Waals surface area contributed by atoms with E-state index >= 15 is 0 Å². The molecule has 0 amide bonds. The van der Waals surface area contributed by atoms with Gasteiger partial charge in [-0.3, -0.25) is 9.59 Å². The fourth-order valence-electron chi connectivity index (χ4n) is 1.72. The van der Waals surface area contributed by atoms with Crippen molar-refractivity contribution in [3.63, 3.8) is 0 Å². The Hall–Kier alpha value is -2.72. The SMILES string of the molecule is C[C@H]1OC(=O)/C=C/COC(=O)[C@@H](N)[C@@H](C)OC(=O)/C=C/COC(=O)[C@H]1N. The number of hydrogen-bond donors (Lipinski definition) is 2. The minimum absolute atomic E-state index is 0.245. The second-order valence-electron chi connectivity index (χ2n) is 5.40. The van der Waals surface area contributed by atoms with Gasteiger partial charge in [0.05, 0.1) is 0 Å². The lowest BCUT2D eigenvalue weighted by molar-refractivity contribution is -0.155. The summed E-state index contributed by atoms with van der Waals surface area (Å²) in [5.74, 6) is -3.16. The molecule has 144 valence electrons. The summed E-state index contributed by atoms with van der Waals surface area (Å²) < 4.78 is 19.6. The van der Waals surface area contributed by atoms with Crippen molar-refractivity contribution < 1.29 is 38.1 Å². The fourth-order valence-corrected chi connectivity index (χ4v) is 1.72. The van der Waals surface area contributed by atoms with E-state index in [2.05, 4.69) is 0 Å². The first-order valence-electron chi connectivity index (χ1n) is 7.81. The molecule has 0 bridgehead atoms. The van der Waals surface area contributed by atoms with Gasteiger partial charge in [-0.15, -0.1) is 0 Å². The zero-order valence-corrected chi connectivity index (χ0v) is 14.5. The van der Waals surface area contributed by atoms with E-state index < -0.39 is 48.2 Å². The Balaban J connectivity index is 2.84. The van der Waals surface area contributed by atoms with Gasteiger partial charge in [-0.1, -0.05) is 0 Å². The van der Waals surface area contributed by atoms with Gasteiger partial charge < -0.3 is 30.4 Å². The van der Waals surface area contributed by atoms with E-state index in [1.54, 1.807) is 0 Å². The Labute approximate surface area is 150 Å². The average Bonchev–Trinajstić information content (AvgIpc) is 2.59. The van der Waals surface area contributed by atoms with Crippen molar-refractivity contribution in [1.82, 2.24) is 0 Å². The maximum atomic E-state index is 11.8. The highest BCUT2D eigenvalue weighted by atomic mass is 16.6. The van der Waals surface area contributed by atoms with Crippen LogP contribution in [0.3, 0.4) is 0 Å². The van der Waals surface area contributed by atoms with Gasteiger partial charge in [-0.2, -0.15) is 0 Å². The van der Waals surface area contributed by atoms with Gasteiger partial charge in [0.1, 0.15) is 37.5 Å². The molecule has 0 saturated carbocycles. The molecule has 0 unspecified atom stereocenters. The molecule has 4 N–H and O–H groups in total. The highest BCUT2D eigenvalue weighted by Gasteiger charge is 2.26. The molecule has 0 spiro atoms. The number of rotatable bonds is 0. The number of nitrogens with two attached hydrogens (primary N) is 2. The molecular formula is C16H22N2O8. The largest absolute Gasteiger partial charge is 0.460 e.